The smallest absolute Gasteiger partial charge is 0.405 e. The molecule has 0 spiro atoms. The summed E-state index contributed by atoms with van der Waals surface area (Å²) in [6, 6.07) is 21.1. The lowest BCUT2D eigenvalue weighted by Gasteiger charge is -2.23. The van der Waals surface area contributed by atoms with Gasteiger partial charge in [-0.15, -0.1) is 0 Å². The summed E-state index contributed by atoms with van der Waals surface area (Å²) in [7, 11) is 0. The number of hydrogen-bond acceptors (Lipinski definition) is 8. The molecular formula is C34H33N7O5. The lowest BCUT2D eigenvalue weighted by Crippen LogP contribution is -2.32. The maximum Gasteiger partial charge on any atom is 0.405 e. The molecule has 0 fully saturated rings. The van der Waals surface area contributed by atoms with E-state index in [0.29, 0.717) is 64.3 Å². The minimum Gasteiger partial charge on any atom is -0.457 e. The highest BCUT2D eigenvalue weighted by atomic mass is 16.6. The van der Waals surface area contributed by atoms with Gasteiger partial charge in [0.1, 0.15) is 22.9 Å². The average molecular weight is 620 g/mol. The Morgan fingerprint density at radius 2 is 1.85 bits per heavy atom. The van der Waals surface area contributed by atoms with Crippen molar-refractivity contribution < 1.29 is 23.9 Å². The summed E-state index contributed by atoms with van der Waals surface area (Å²) >= 11 is 0. The van der Waals surface area contributed by atoms with E-state index in [1.807, 2.05) is 13.0 Å². The van der Waals surface area contributed by atoms with E-state index in [9.17, 15) is 14.4 Å². The molecule has 234 valence electrons. The molecule has 0 unspecified atom stereocenters. The number of nitrogen functional groups attached to an aromatic ring is 1. The van der Waals surface area contributed by atoms with Gasteiger partial charge in [0.25, 0.3) is 5.91 Å². The Hall–Kier alpha value is -6.09. The van der Waals surface area contributed by atoms with Gasteiger partial charge in [-0.1, -0.05) is 6.07 Å². The number of nitrogens with zero attached hydrogens (tertiary/aromatic N) is 3. The molecule has 12 heteroatoms. The predicted octanol–water partition coefficient (Wildman–Crippen LogP) is 5.52. The number of carbonyl (C=O) groups is 3. The molecule has 5 aromatic rings. The summed E-state index contributed by atoms with van der Waals surface area (Å²) in [4.78, 5) is 40.4. The van der Waals surface area contributed by atoms with E-state index < -0.39 is 11.7 Å². The van der Waals surface area contributed by atoms with Gasteiger partial charge in [-0.3, -0.25) is 9.59 Å². The first-order valence-electron chi connectivity index (χ1n) is 14.5. The number of nitrogens with one attached hydrogen (secondary N) is 2. The van der Waals surface area contributed by atoms with E-state index in [2.05, 4.69) is 21.5 Å². The van der Waals surface area contributed by atoms with Crippen molar-refractivity contribution in [1.82, 2.24) is 20.1 Å². The SMILES string of the molecule is Cc1cc(Oc2cccc(C#N)c2)ccc1-n1ncc(C(=O)c2cc3cc(C(=O)NCCCC(C)(C)OC(N)=O)ccc3[nH]2)c1N. The Morgan fingerprint density at radius 3 is 2.59 bits per heavy atom. The van der Waals surface area contributed by atoms with Crippen LogP contribution < -0.4 is 21.5 Å². The van der Waals surface area contributed by atoms with Gasteiger partial charge < -0.3 is 31.2 Å². The van der Waals surface area contributed by atoms with Crippen LogP contribution in [0.3, 0.4) is 0 Å². The largest absolute Gasteiger partial charge is 0.457 e. The van der Waals surface area contributed by atoms with E-state index in [1.54, 1.807) is 74.5 Å². The quantitative estimate of drug-likeness (QED) is 0.110. The number of hydrogen-bond donors (Lipinski definition) is 4. The number of benzene rings is 3. The number of ether oxygens (including phenoxy) is 2. The minimum atomic E-state index is -0.837. The van der Waals surface area contributed by atoms with E-state index in [4.69, 9.17) is 26.2 Å². The monoisotopic (exact) mass is 619 g/mol. The number of carbonyl (C=O) groups excluding carboxylic acids is 3. The second-order valence-corrected chi connectivity index (χ2v) is 11.4. The minimum absolute atomic E-state index is 0.173. The average Bonchev–Trinajstić information content (AvgIpc) is 3.61. The van der Waals surface area contributed by atoms with E-state index in [0.717, 1.165) is 5.56 Å². The summed E-state index contributed by atoms with van der Waals surface area (Å²) in [6.45, 7) is 5.77. The summed E-state index contributed by atoms with van der Waals surface area (Å²) in [5.41, 5.74) is 14.4. The van der Waals surface area contributed by atoms with E-state index >= 15 is 0 Å². The maximum atomic E-state index is 13.5. The molecule has 0 bridgehead atoms. The van der Waals surface area contributed by atoms with Gasteiger partial charge in [-0.05, 0) is 99.8 Å². The molecule has 46 heavy (non-hydrogen) atoms. The van der Waals surface area contributed by atoms with E-state index in [1.165, 1.54) is 10.9 Å². The van der Waals surface area contributed by atoms with Gasteiger partial charge in [0.15, 0.2) is 0 Å². The number of aryl methyl sites for hydroxylation is 1. The van der Waals surface area contributed by atoms with Crippen LogP contribution in [0.15, 0.2) is 72.9 Å². The Morgan fingerprint density at radius 1 is 1.07 bits per heavy atom. The Bertz CT molecular complexity index is 2000. The molecule has 0 saturated carbocycles. The second kappa shape index (κ2) is 12.9. The first-order valence-corrected chi connectivity index (χ1v) is 14.5. The summed E-state index contributed by atoms with van der Waals surface area (Å²) in [6.07, 6.45) is 1.70. The zero-order valence-electron chi connectivity index (χ0n) is 25.6. The second-order valence-electron chi connectivity index (χ2n) is 11.4. The standard InChI is InChI=1S/C34H33N7O5/c1-20-14-25(45-24-7-4-6-21(15-24)18-35)9-11-29(20)41-31(36)26(19-39-41)30(42)28-17-23-16-22(8-10-27(23)40-28)32(43)38-13-5-12-34(2,3)46-33(37)44/h4,6-11,14-17,19,40H,5,12-13,36H2,1-3H3,(H2,37,44)(H,38,43). The fraction of sp³-hybridized carbons (Fsp3) is 0.206. The first-order chi connectivity index (χ1) is 21.9. The van der Waals surface area contributed by atoms with Crippen molar-refractivity contribution in [2.24, 2.45) is 5.73 Å². The highest BCUT2D eigenvalue weighted by molar-refractivity contribution is 6.13. The molecule has 0 aliphatic rings. The Labute approximate surface area is 264 Å². The van der Waals surface area contributed by atoms with Crippen molar-refractivity contribution in [2.75, 3.05) is 12.3 Å². The van der Waals surface area contributed by atoms with Gasteiger partial charge in [0.05, 0.1) is 34.8 Å². The molecule has 2 heterocycles. The van der Waals surface area contributed by atoms with Crippen LogP contribution in [0.4, 0.5) is 10.6 Å². The third kappa shape index (κ3) is 7.00. The van der Waals surface area contributed by atoms with Crippen LogP contribution >= 0.6 is 0 Å². The van der Waals surface area contributed by atoms with Crippen molar-refractivity contribution in [3.05, 3.63) is 101 Å². The van der Waals surface area contributed by atoms with Crippen molar-refractivity contribution >= 4 is 34.5 Å². The lowest BCUT2D eigenvalue weighted by atomic mass is 10.0. The van der Waals surface area contributed by atoms with Gasteiger partial charge in [-0.25, -0.2) is 9.48 Å². The number of fused-ring (bicyclic) bond motifs is 1. The number of primary amides is 1. The molecule has 0 saturated heterocycles. The van der Waals surface area contributed by atoms with Gasteiger partial charge in [-0.2, -0.15) is 10.4 Å². The van der Waals surface area contributed by atoms with Crippen molar-refractivity contribution in [3.8, 4) is 23.3 Å². The molecule has 0 aliphatic carbocycles. The Balaban J connectivity index is 1.27. The fourth-order valence-corrected chi connectivity index (χ4v) is 5.10. The number of rotatable bonds is 11. The van der Waals surface area contributed by atoms with E-state index in [-0.39, 0.29) is 23.1 Å². The Kier molecular flexibility index (Phi) is 8.77. The number of anilines is 1. The zero-order valence-corrected chi connectivity index (χ0v) is 25.6. The lowest BCUT2D eigenvalue weighted by molar-refractivity contribution is 0.0375. The van der Waals surface area contributed by atoms with Crippen molar-refractivity contribution in [2.45, 2.75) is 39.2 Å². The molecule has 0 atom stereocenters. The molecule has 12 nitrogen and oxygen atoms in total. The number of ketones is 1. The number of aromatic amines is 1. The molecular weight excluding hydrogens is 586 g/mol. The fourth-order valence-electron chi connectivity index (χ4n) is 5.10. The molecule has 6 N–H and O–H groups in total. The molecule has 2 aromatic heterocycles. The summed E-state index contributed by atoms with van der Waals surface area (Å²) in [5, 5.41) is 17.1. The molecule has 0 aliphatic heterocycles. The summed E-state index contributed by atoms with van der Waals surface area (Å²) < 4.78 is 12.5. The van der Waals surface area contributed by atoms with Gasteiger partial charge in [0.2, 0.25) is 5.78 Å². The molecule has 3 aromatic carbocycles. The molecule has 5 rings (SSSR count). The normalized spacial score (nSPS) is 11.2. The van der Waals surface area contributed by atoms with Crippen LogP contribution in [0.2, 0.25) is 0 Å². The highest BCUT2D eigenvalue weighted by Gasteiger charge is 2.22. The first kappa shape index (κ1) is 31.3. The number of nitriles is 1. The van der Waals surface area contributed by atoms with Gasteiger partial charge >= 0.3 is 6.09 Å². The molecule has 2 amide bonds. The predicted molar refractivity (Wildman–Crippen MR) is 172 cm³/mol. The summed E-state index contributed by atoms with van der Waals surface area (Å²) in [5.74, 6) is 0.673. The third-order valence-corrected chi connectivity index (χ3v) is 7.39. The van der Waals surface area contributed by atoms with Crippen LogP contribution in [0.1, 0.15) is 64.2 Å². The highest BCUT2D eigenvalue weighted by Crippen LogP contribution is 2.29. The van der Waals surface area contributed by atoms with Gasteiger partial charge in [0, 0.05) is 23.0 Å². The van der Waals surface area contributed by atoms with Crippen molar-refractivity contribution in [3.63, 3.8) is 0 Å². The topological polar surface area (TPSA) is 191 Å². The van der Waals surface area contributed by atoms with Crippen LogP contribution in [-0.2, 0) is 4.74 Å². The number of aromatic nitrogens is 3. The number of nitrogens with two attached hydrogens (primary N) is 2. The van der Waals surface area contributed by atoms with Crippen molar-refractivity contribution in [1.29, 1.82) is 5.26 Å². The maximum absolute atomic E-state index is 13.5. The van der Waals surface area contributed by atoms with Crippen LogP contribution in [0.5, 0.6) is 11.5 Å². The number of H-pyrrole nitrogens is 1. The zero-order chi connectivity index (χ0) is 33.0. The number of amides is 2. The third-order valence-electron chi connectivity index (χ3n) is 7.39. The van der Waals surface area contributed by atoms with Crippen LogP contribution in [0.25, 0.3) is 16.6 Å². The van der Waals surface area contributed by atoms with Crippen LogP contribution in [-0.4, -0.2) is 44.7 Å². The van der Waals surface area contributed by atoms with Crippen LogP contribution in [0, 0.1) is 18.3 Å². The molecule has 0 radical (unpaired) electrons.